The smallest absolute Gasteiger partial charge is 0.244 e. The van der Waals surface area contributed by atoms with Gasteiger partial charge in [0.25, 0.3) is 0 Å². The zero-order valence-corrected chi connectivity index (χ0v) is 8.14. The molecule has 1 aliphatic rings. The van der Waals surface area contributed by atoms with Gasteiger partial charge < -0.3 is 9.80 Å². The molecule has 2 heterocycles. The second-order valence-corrected chi connectivity index (χ2v) is 3.51. The van der Waals surface area contributed by atoms with E-state index in [-0.39, 0.29) is 0 Å². The summed E-state index contributed by atoms with van der Waals surface area (Å²) in [7, 11) is 4.04. The molecule has 0 atom stereocenters. The Balaban J connectivity index is 2.02. The van der Waals surface area contributed by atoms with E-state index in [2.05, 4.69) is 26.9 Å². The summed E-state index contributed by atoms with van der Waals surface area (Å²) in [5.41, 5.74) is 0. The second-order valence-electron chi connectivity index (χ2n) is 3.51. The van der Waals surface area contributed by atoms with Crippen LogP contribution in [-0.2, 0) is 7.05 Å². The quantitative estimate of drug-likeness (QED) is 0.589. The van der Waals surface area contributed by atoms with Gasteiger partial charge in [0.1, 0.15) is 6.33 Å². The molecule has 1 aromatic heterocycles. The fourth-order valence-electron chi connectivity index (χ4n) is 1.48. The van der Waals surface area contributed by atoms with Crippen LogP contribution in [0.3, 0.4) is 0 Å². The topological polar surface area (TPSA) is 37.2 Å². The molecule has 5 heteroatoms. The van der Waals surface area contributed by atoms with E-state index in [0.29, 0.717) is 0 Å². The zero-order valence-electron chi connectivity index (χ0n) is 8.14. The summed E-state index contributed by atoms with van der Waals surface area (Å²) in [6, 6.07) is 0. The van der Waals surface area contributed by atoms with Gasteiger partial charge in [0.2, 0.25) is 5.95 Å². The van der Waals surface area contributed by atoms with Crippen molar-refractivity contribution < 1.29 is 0 Å². The molecule has 0 aliphatic carbocycles. The van der Waals surface area contributed by atoms with Crippen LogP contribution in [0.4, 0.5) is 5.95 Å². The van der Waals surface area contributed by atoms with Crippen LogP contribution in [0.1, 0.15) is 0 Å². The average molecular weight is 181 g/mol. The maximum atomic E-state index is 4.27. The number of nitrogens with zero attached hydrogens (tertiary/aromatic N) is 5. The molecule has 0 amide bonds. The van der Waals surface area contributed by atoms with Crippen molar-refractivity contribution in [3.63, 3.8) is 0 Å². The predicted molar refractivity (Wildman–Crippen MR) is 50.7 cm³/mol. The zero-order chi connectivity index (χ0) is 9.26. The summed E-state index contributed by atoms with van der Waals surface area (Å²) in [5, 5.41) is 4.27. The molecule has 1 fully saturated rings. The number of aromatic nitrogens is 3. The lowest BCUT2D eigenvalue weighted by Gasteiger charge is -2.31. The molecule has 0 radical (unpaired) electrons. The lowest BCUT2D eigenvalue weighted by Crippen LogP contribution is -2.45. The first-order valence-electron chi connectivity index (χ1n) is 4.55. The highest BCUT2D eigenvalue weighted by Gasteiger charge is 2.16. The minimum Gasteiger partial charge on any atom is -0.337 e. The third-order valence-electron chi connectivity index (χ3n) is 2.37. The van der Waals surface area contributed by atoms with Gasteiger partial charge in [-0.05, 0) is 7.05 Å². The number of anilines is 1. The number of hydrogen-bond acceptors (Lipinski definition) is 4. The number of hydrogen-bond donors (Lipinski definition) is 0. The molecule has 5 nitrogen and oxygen atoms in total. The Morgan fingerprint density at radius 3 is 2.38 bits per heavy atom. The molecular formula is C8H15N5. The van der Waals surface area contributed by atoms with E-state index in [9.17, 15) is 0 Å². The molecule has 13 heavy (non-hydrogen) atoms. The van der Waals surface area contributed by atoms with Crippen LogP contribution in [0.25, 0.3) is 0 Å². The van der Waals surface area contributed by atoms with Gasteiger partial charge in [-0.15, -0.1) is 5.10 Å². The summed E-state index contributed by atoms with van der Waals surface area (Å²) in [5.74, 6) is 0.857. The van der Waals surface area contributed by atoms with Gasteiger partial charge in [-0.25, -0.2) is 4.98 Å². The van der Waals surface area contributed by atoms with Gasteiger partial charge in [0.05, 0.1) is 0 Å². The van der Waals surface area contributed by atoms with Crippen molar-refractivity contribution in [3.8, 4) is 0 Å². The minimum atomic E-state index is 0.857. The molecule has 1 saturated heterocycles. The monoisotopic (exact) mass is 181 g/mol. The first-order valence-corrected chi connectivity index (χ1v) is 4.55. The molecular weight excluding hydrogens is 166 g/mol. The van der Waals surface area contributed by atoms with Crippen molar-refractivity contribution >= 4 is 5.95 Å². The summed E-state index contributed by atoms with van der Waals surface area (Å²) in [6.07, 6.45) is 1.74. The summed E-state index contributed by atoms with van der Waals surface area (Å²) < 4.78 is 1.74. The van der Waals surface area contributed by atoms with Crippen LogP contribution in [0.2, 0.25) is 0 Å². The van der Waals surface area contributed by atoms with Crippen LogP contribution in [0.5, 0.6) is 0 Å². The average Bonchev–Trinajstić information content (AvgIpc) is 2.53. The maximum Gasteiger partial charge on any atom is 0.244 e. The highest BCUT2D eigenvalue weighted by atomic mass is 15.4. The van der Waals surface area contributed by atoms with Crippen LogP contribution in [-0.4, -0.2) is 52.9 Å². The van der Waals surface area contributed by atoms with Crippen molar-refractivity contribution in [2.45, 2.75) is 0 Å². The van der Waals surface area contributed by atoms with E-state index in [1.54, 1.807) is 11.0 Å². The van der Waals surface area contributed by atoms with Crippen LogP contribution in [0, 0.1) is 0 Å². The summed E-state index contributed by atoms with van der Waals surface area (Å²) >= 11 is 0. The van der Waals surface area contributed by atoms with E-state index in [4.69, 9.17) is 0 Å². The molecule has 0 spiro atoms. The standard InChI is InChI=1S/C8H15N5/c1-11-3-5-13(6-4-11)8-9-7-12(2)10-8/h7H,3-6H2,1-2H3. The first-order chi connectivity index (χ1) is 6.25. The van der Waals surface area contributed by atoms with Gasteiger partial charge >= 0.3 is 0 Å². The van der Waals surface area contributed by atoms with Gasteiger partial charge in [0, 0.05) is 33.2 Å². The van der Waals surface area contributed by atoms with Crippen molar-refractivity contribution in [2.24, 2.45) is 7.05 Å². The highest BCUT2D eigenvalue weighted by molar-refractivity contribution is 5.28. The van der Waals surface area contributed by atoms with Crippen molar-refractivity contribution in [3.05, 3.63) is 6.33 Å². The van der Waals surface area contributed by atoms with E-state index in [1.165, 1.54) is 0 Å². The maximum absolute atomic E-state index is 4.27. The van der Waals surface area contributed by atoms with Gasteiger partial charge in [0.15, 0.2) is 0 Å². The Morgan fingerprint density at radius 1 is 1.15 bits per heavy atom. The third kappa shape index (κ3) is 1.80. The number of likely N-dealkylation sites (N-methyl/N-ethyl adjacent to an activating group) is 1. The first kappa shape index (κ1) is 8.50. The molecule has 2 rings (SSSR count). The Kier molecular flexibility index (Phi) is 2.18. The normalized spacial score (nSPS) is 19.4. The lowest BCUT2D eigenvalue weighted by molar-refractivity contribution is 0.311. The molecule has 0 bridgehead atoms. The van der Waals surface area contributed by atoms with E-state index >= 15 is 0 Å². The molecule has 0 aromatic carbocycles. The van der Waals surface area contributed by atoms with E-state index < -0.39 is 0 Å². The summed E-state index contributed by atoms with van der Waals surface area (Å²) in [4.78, 5) is 8.76. The predicted octanol–water partition coefficient (Wildman–Crippen LogP) is -0.433. The Hall–Kier alpha value is -1.10. The molecule has 1 aliphatic heterocycles. The minimum absolute atomic E-state index is 0.857. The van der Waals surface area contributed by atoms with Crippen molar-refractivity contribution in [1.29, 1.82) is 0 Å². The van der Waals surface area contributed by atoms with Crippen LogP contribution >= 0.6 is 0 Å². The van der Waals surface area contributed by atoms with E-state index in [1.807, 2.05) is 7.05 Å². The van der Waals surface area contributed by atoms with Crippen LogP contribution in [0.15, 0.2) is 6.33 Å². The molecule has 0 unspecified atom stereocenters. The Labute approximate surface area is 78.0 Å². The van der Waals surface area contributed by atoms with Crippen molar-refractivity contribution in [1.82, 2.24) is 19.7 Å². The number of aryl methyl sites for hydroxylation is 1. The second kappa shape index (κ2) is 3.33. The Morgan fingerprint density at radius 2 is 1.85 bits per heavy atom. The van der Waals surface area contributed by atoms with Crippen LogP contribution < -0.4 is 4.90 Å². The van der Waals surface area contributed by atoms with E-state index in [0.717, 1.165) is 32.1 Å². The van der Waals surface area contributed by atoms with Gasteiger partial charge in [-0.3, -0.25) is 4.68 Å². The number of piperazine rings is 1. The summed E-state index contributed by atoms with van der Waals surface area (Å²) in [6.45, 7) is 4.25. The largest absolute Gasteiger partial charge is 0.337 e. The Bertz CT molecular complexity index is 274. The van der Waals surface area contributed by atoms with Gasteiger partial charge in [-0.1, -0.05) is 0 Å². The fraction of sp³-hybridized carbons (Fsp3) is 0.750. The highest BCUT2D eigenvalue weighted by Crippen LogP contribution is 2.08. The number of rotatable bonds is 1. The lowest BCUT2D eigenvalue weighted by atomic mass is 10.3. The van der Waals surface area contributed by atoms with Gasteiger partial charge in [-0.2, -0.15) is 0 Å². The molecule has 72 valence electrons. The molecule has 0 N–H and O–H groups in total. The SMILES string of the molecule is CN1CCN(c2ncn(C)n2)CC1. The molecule has 1 aromatic rings. The van der Waals surface area contributed by atoms with Crippen molar-refractivity contribution in [2.75, 3.05) is 38.1 Å². The third-order valence-corrected chi connectivity index (χ3v) is 2.37. The molecule has 0 saturated carbocycles. The fourth-order valence-corrected chi connectivity index (χ4v) is 1.48.